The van der Waals surface area contributed by atoms with E-state index in [2.05, 4.69) is 0 Å². The van der Waals surface area contributed by atoms with E-state index in [1.165, 1.54) is 0 Å². The van der Waals surface area contributed by atoms with Crippen molar-refractivity contribution < 1.29 is 29.3 Å². The largest absolute Gasteiger partial charge is 0.481 e. The van der Waals surface area contributed by atoms with Crippen molar-refractivity contribution in [2.45, 2.75) is 27.2 Å². The van der Waals surface area contributed by atoms with Crippen LogP contribution in [0.2, 0.25) is 0 Å². The molecule has 0 aliphatic carbocycles. The Hall–Kier alpha value is -2.37. The van der Waals surface area contributed by atoms with Gasteiger partial charge in [-0.1, -0.05) is 18.2 Å². The number of aliphatic carboxylic acids is 1. The Bertz CT molecular complexity index is 473. The van der Waals surface area contributed by atoms with Crippen LogP contribution in [0.3, 0.4) is 0 Å². The summed E-state index contributed by atoms with van der Waals surface area (Å²) in [5.41, 5.74) is -0.226. The van der Waals surface area contributed by atoms with Gasteiger partial charge < -0.3 is 14.9 Å². The highest BCUT2D eigenvalue weighted by atomic mass is 16.5. The maximum absolute atomic E-state index is 11.0. The van der Waals surface area contributed by atoms with Crippen molar-refractivity contribution in [2.75, 3.05) is 6.61 Å². The van der Waals surface area contributed by atoms with Crippen molar-refractivity contribution >= 4 is 17.9 Å². The van der Waals surface area contributed by atoms with Crippen LogP contribution in [0, 0.1) is 5.41 Å². The fourth-order valence-electron chi connectivity index (χ4n) is 1.03. The Morgan fingerprint density at radius 2 is 1.57 bits per heavy atom. The number of carboxylic acids is 2. The predicted molar refractivity (Wildman–Crippen MR) is 76.1 cm³/mol. The van der Waals surface area contributed by atoms with Gasteiger partial charge in [0.05, 0.1) is 17.4 Å². The Morgan fingerprint density at radius 1 is 1.05 bits per heavy atom. The van der Waals surface area contributed by atoms with Gasteiger partial charge in [-0.25, -0.2) is 4.79 Å². The lowest BCUT2D eigenvalue weighted by Crippen LogP contribution is -2.23. The molecule has 0 unspecified atom stereocenters. The van der Waals surface area contributed by atoms with E-state index in [-0.39, 0.29) is 19.0 Å². The van der Waals surface area contributed by atoms with Gasteiger partial charge in [0.25, 0.3) is 0 Å². The average Bonchev–Trinajstić information content (AvgIpc) is 2.39. The normalized spacial score (nSPS) is 10.0. The smallest absolute Gasteiger partial charge is 0.335 e. The fourth-order valence-corrected chi connectivity index (χ4v) is 1.03. The molecule has 1 aromatic rings. The third-order valence-electron chi connectivity index (χ3n) is 2.18. The minimum Gasteiger partial charge on any atom is -0.481 e. The van der Waals surface area contributed by atoms with E-state index in [1.807, 2.05) is 0 Å². The summed E-state index contributed by atoms with van der Waals surface area (Å²) in [6.07, 6.45) is -0.137. The van der Waals surface area contributed by atoms with Crippen molar-refractivity contribution in [3.63, 3.8) is 0 Å². The molecular weight excluding hydrogens is 276 g/mol. The van der Waals surface area contributed by atoms with Gasteiger partial charge in [-0.3, -0.25) is 9.59 Å². The molecule has 1 aromatic carbocycles. The Morgan fingerprint density at radius 3 is 1.90 bits per heavy atom. The number of hydrogen-bond acceptors (Lipinski definition) is 4. The van der Waals surface area contributed by atoms with Gasteiger partial charge in [0.2, 0.25) is 0 Å². The van der Waals surface area contributed by atoms with Gasteiger partial charge in [0, 0.05) is 0 Å². The standard InChI is InChI=1S/C8H14O4.C7H6O2/c1-8(2,3)7(11)12-5-4-6(9)10;8-7(9)6-4-2-1-3-5-6/h4-5H2,1-3H3,(H,9,10);1-5H,(H,8,9). The van der Waals surface area contributed by atoms with Gasteiger partial charge in [-0.15, -0.1) is 0 Å². The zero-order chi connectivity index (χ0) is 16.5. The first-order chi connectivity index (χ1) is 9.64. The molecule has 0 saturated carbocycles. The zero-order valence-corrected chi connectivity index (χ0v) is 12.3. The minimum atomic E-state index is -0.961. The van der Waals surface area contributed by atoms with E-state index in [9.17, 15) is 14.4 Å². The van der Waals surface area contributed by atoms with Gasteiger partial charge in [0.15, 0.2) is 0 Å². The van der Waals surface area contributed by atoms with Crippen LogP contribution in [-0.2, 0) is 14.3 Å². The number of carboxylic acid groups (broad SMARTS) is 2. The van der Waals surface area contributed by atoms with Gasteiger partial charge in [-0.05, 0) is 32.9 Å². The molecule has 1 rings (SSSR count). The van der Waals surface area contributed by atoms with Crippen molar-refractivity contribution in [1.29, 1.82) is 0 Å². The van der Waals surface area contributed by atoms with E-state index in [4.69, 9.17) is 14.9 Å². The highest BCUT2D eigenvalue weighted by Crippen LogP contribution is 2.14. The predicted octanol–water partition coefficient (Wildman–Crippen LogP) is 2.44. The van der Waals surface area contributed by atoms with Crippen molar-refractivity contribution in [2.24, 2.45) is 5.41 Å². The molecule has 0 fully saturated rings. The van der Waals surface area contributed by atoms with Gasteiger partial charge in [-0.2, -0.15) is 0 Å². The maximum atomic E-state index is 11.0. The summed E-state index contributed by atoms with van der Waals surface area (Å²) >= 11 is 0. The molecule has 0 heterocycles. The molecule has 2 N–H and O–H groups in total. The van der Waals surface area contributed by atoms with Crippen LogP contribution in [0.5, 0.6) is 0 Å². The first-order valence-electron chi connectivity index (χ1n) is 6.32. The van der Waals surface area contributed by atoms with Crippen LogP contribution in [0.1, 0.15) is 37.6 Å². The Balaban J connectivity index is 0.000000394. The molecule has 6 nitrogen and oxygen atoms in total. The number of carbonyl (C=O) groups excluding carboxylic acids is 1. The van der Waals surface area contributed by atoms with E-state index in [0.29, 0.717) is 5.56 Å². The number of hydrogen-bond donors (Lipinski definition) is 2. The summed E-state index contributed by atoms with van der Waals surface area (Å²) in [6, 6.07) is 8.30. The number of esters is 1. The van der Waals surface area contributed by atoms with E-state index in [0.717, 1.165) is 0 Å². The molecular formula is C15H20O6. The number of ether oxygens (including phenoxy) is 1. The van der Waals surface area contributed by atoms with Crippen LogP contribution >= 0.6 is 0 Å². The molecule has 0 amide bonds. The lowest BCUT2D eigenvalue weighted by Gasteiger charge is -2.15. The Kier molecular flexibility index (Phi) is 7.75. The number of benzene rings is 1. The molecule has 116 valence electrons. The summed E-state index contributed by atoms with van der Waals surface area (Å²) < 4.78 is 4.70. The molecule has 0 aliphatic rings. The van der Waals surface area contributed by atoms with E-state index < -0.39 is 17.4 Å². The van der Waals surface area contributed by atoms with Crippen LogP contribution in [0.4, 0.5) is 0 Å². The first kappa shape index (κ1) is 18.6. The highest BCUT2D eigenvalue weighted by Gasteiger charge is 2.22. The number of carbonyl (C=O) groups is 3. The lowest BCUT2D eigenvalue weighted by molar-refractivity contribution is -0.154. The maximum Gasteiger partial charge on any atom is 0.335 e. The molecule has 0 bridgehead atoms. The molecule has 21 heavy (non-hydrogen) atoms. The topological polar surface area (TPSA) is 101 Å². The van der Waals surface area contributed by atoms with E-state index >= 15 is 0 Å². The van der Waals surface area contributed by atoms with Crippen molar-refractivity contribution in [3.8, 4) is 0 Å². The second-order valence-corrected chi connectivity index (χ2v) is 5.20. The van der Waals surface area contributed by atoms with E-state index in [1.54, 1.807) is 51.1 Å². The van der Waals surface area contributed by atoms with Gasteiger partial charge in [0.1, 0.15) is 6.61 Å². The molecule has 0 aliphatic heterocycles. The Labute approximate surface area is 123 Å². The summed E-state index contributed by atoms with van der Waals surface area (Å²) in [4.78, 5) is 31.3. The average molecular weight is 296 g/mol. The number of rotatable bonds is 4. The van der Waals surface area contributed by atoms with Crippen LogP contribution < -0.4 is 0 Å². The second-order valence-electron chi connectivity index (χ2n) is 5.20. The van der Waals surface area contributed by atoms with Crippen molar-refractivity contribution in [1.82, 2.24) is 0 Å². The van der Waals surface area contributed by atoms with Crippen LogP contribution in [0.15, 0.2) is 30.3 Å². The quantitative estimate of drug-likeness (QED) is 0.827. The molecule has 0 atom stereocenters. The minimum absolute atomic E-state index is 0.0502. The summed E-state index contributed by atoms with van der Waals surface area (Å²) in [7, 11) is 0. The van der Waals surface area contributed by atoms with Crippen LogP contribution in [0.25, 0.3) is 0 Å². The summed E-state index contributed by atoms with van der Waals surface area (Å²) in [5, 5.41) is 16.6. The van der Waals surface area contributed by atoms with Crippen LogP contribution in [-0.4, -0.2) is 34.7 Å². The second kappa shape index (κ2) is 8.73. The highest BCUT2D eigenvalue weighted by molar-refractivity contribution is 5.87. The monoisotopic (exact) mass is 296 g/mol. The molecule has 0 radical (unpaired) electrons. The third kappa shape index (κ3) is 9.21. The fraction of sp³-hybridized carbons (Fsp3) is 0.400. The number of aromatic carboxylic acids is 1. The summed E-state index contributed by atoms with van der Waals surface area (Å²) in [5.74, 6) is -2.21. The van der Waals surface area contributed by atoms with Crippen molar-refractivity contribution in [3.05, 3.63) is 35.9 Å². The zero-order valence-electron chi connectivity index (χ0n) is 12.3. The van der Waals surface area contributed by atoms with Gasteiger partial charge >= 0.3 is 17.9 Å². The molecule has 0 aromatic heterocycles. The first-order valence-corrected chi connectivity index (χ1v) is 6.32. The summed E-state index contributed by atoms with van der Waals surface area (Å²) in [6.45, 7) is 5.10. The molecule has 6 heteroatoms. The molecule has 0 spiro atoms. The molecule has 0 saturated heterocycles. The SMILES string of the molecule is CC(C)(C)C(=O)OCCC(=O)O.O=C(O)c1ccccc1. The third-order valence-corrected chi connectivity index (χ3v) is 2.18. The lowest BCUT2D eigenvalue weighted by atomic mass is 9.97.